The van der Waals surface area contributed by atoms with Crippen molar-refractivity contribution in [3.63, 3.8) is 0 Å². The van der Waals surface area contributed by atoms with Gasteiger partial charge in [-0.15, -0.1) is 0 Å². The van der Waals surface area contributed by atoms with E-state index in [1.165, 1.54) is 30.4 Å². The Labute approximate surface area is 73.9 Å². The van der Waals surface area contributed by atoms with Gasteiger partial charge in [0.1, 0.15) is 0 Å². The summed E-state index contributed by atoms with van der Waals surface area (Å²) in [6.07, 6.45) is 3.78. The van der Waals surface area contributed by atoms with Crippen LogP contribution >= 0.6 is 0 Å². The fourth-order valence-electron chi connectivity index (χ4n) is 1.55. The molecule has 0 unspecified atom stereocenters. The molecule has 0 aliphatic heterocycles. The molecule has 0 heteroatoms. The molecule has 0 spiro atoms. The van der Waals surface area contributed by atoms with Crippen molar-refractivity contribution >= 4 is 0 Å². The van der Waals surface area contributed by atoms with Crippen molar-refractivity contribution in [2.24, 2.45) is 5.92 Å². The minimum Gasteiger partial charge on any atom is -0.0995 e. The van der Waals surface area contributed by atoms with E-state index in [0.29, 0.717) is 0 Å². The van der Waals surface area contributed by atoms with Crippen LogP contribution in [-0.2, 0) is 6.42 Å². The molecule has 2 rings (SSSR count). The van der Waals surface area contributed by atoms with E-state index in [2.05, 4.69) is 36.9 Å². The molecule has 62 valence electrons. The first-order chi connectivity index (χ1) is 5.86. The Kier molecular flexibility index (Phi) is 1.99. The number of aryl methyl sites for hydroxylation is 1. The molecule has 0 N–H and O–H groups in total. The van der Waals surface area contributed by atoms with E-state index in [9.17, 15) is 0 Å². The van der Waals surface area contributed by atoms with Crippen LogP contribution in [0.3, 0.4) is 0 Å². The first-order valence-electron chi connectivity index (χ1n) is 4.58. The highest BCUT2D eigenvalue weighted by atomic mass is 14.3. The maximum atomic E-state index is 3.96. The minimum atomic E-state index is 0.838. The van der Waals surface area contributed by atoms with Crippen LogP contribution in [0.5, 0.6) is 0 Å². The molecule has 12 heavy (non-hydrogen) atoms. The summed E-state index contributed by atoms with van der Waals surface area (Å²) >= 11 is 0. The maximum absolute atomic E-state index is 3.96. The third-order valence-electron chi connectivity index (χ3n) is 2.55. The summed E-state index contributed by atoms with van der Waals surface area (Å²) in [6.45, 7) is 3.96. The molecule has 1 aromatic carbocycles. The van der Waals surface area contributed by atoms with Gasteiger partial charge in [0, 0.05) is 0 Å². The Balaban J connectivity index is 1.84. The average Bonchev–Trinajstić information content (AvgIpc) is 2.81. The summed E-state index contributed by atoms with van der Waals surface area (Å²) < 4.78 is 0. The van der Waals surface area contributed by atoms with Crippen LogP contribution in [0.4, 0.5) is 0 Å². The first kappa shape index (κ1) is 7.60. The highest BCUT2D eigenvalue weighted by Crippen LogP contribution is 2.39. The lowest BCUT2D eigenvalue weighted by Crippen LogP contribution is -1.85. The predicted octanol–water partition coefficient (Wildman–Crippen LogP) is 3.20. The molecular formula is C12H14. The van der Waals surface area contributed by atoms with Gasteiger partial charge in [-0.3, -0.25) is 0 Å². The second kappa shape index (κ2) is 3.14. The van der Waals surface area contributed by atoms with E-state index in [0.717, 1.165) is 5.92 Å². The maximum Gasteiger partial charge on any atom is -0.0165 e. The number of hydrogen-bond acceptors (Lipinski definition) is 0. The van der Waals surface area contributed by atoms with E-state index in [1.807, 2.05) is 0 Å². The van der Waals surface area contributed by atoms with Gasteiger partial charge in [0.15, 0.2) is 0 Å². The van der Waals surface area contributed by atoms with Gasteiger partial charge in [-0.25, -0.2) is 0 Å². The third kappa shape index (κ3) is 1.76. The molecule has 1 saturated carbocycles. The zero-order valence-corrected chi connectivity index (χ0v) is 7.29. The van der Waals surface area contributed by atoms with Crippen molar-refractivity contribution < 1.29 is 0 Å². The zero-order chi connectivity index (χ0) is 8.39. The SMILES string of the molecule is C=C1C[C@H]1CCc1ccccc1. The predicted molar refractivity (Wildman–Crippen MR) is 52.0 cm³/mol. The normalized spacial score (nSPS) is 21.0. The van der Waals surface area contributed by atoms with E-state index < -0.39 is 0 Å². The van der Waals surface area contributed by atoms with Gasteiger partial charge in [0.05, 0.1) is 0 Å². The van der Waals surface area contributed by atoms with Crippen molar-refractivity contribution in [2.45, 2.75) is 19.3 Å². The number of allylic oxidation sites excluding steroid dienone is 1. The zero-order valence-electron chi connectivity index (χ0n) is 7.29. The first-order valence-corrected chi connectivity index (χ1v) is 4.58. The van der Waals surface area contributed by atoms with E-state index in [1.54, 1.807) is 0 Å². The third-order valence-corrected chi connectivity index (χ3v) is 2.55. The second-order valence-electron chi connectivity index (χ2n) is 3.58. The number of rotatable bonds is 3. The van der Waals surface area contributed by atoms with Crippen LogP contribution in [0.15, 0.2) is 42.5 Å². The Hall–Kier alpha value is -1.04. The topological polar surface area (TPSA) is 0 Å². The van der Waals surface area contributed by atoms with Gasteiger partial charge in [-0.1, -0.05) is 42.5 Å². The largest absolute Gasteiger partial charge is 0.0995 e. The fraction of sp³-hybridized carbons (Fsp3) is 0.333. The molecule has 0 aromatic heterocycles. The van der Waals surface area contributed by atoms with Gasteiger partial charge in [0.25, 0.3) is 0 Å². The molecule has 1 atom stereocenters. The molecule has 1 fully saturated rings. The van der Waals surface area contributed by atoms with Crippen molar-refractivity contribution in [1.82, 2.24) is 0 Å². The van der Waals surface area contributed by atoms with Gasteiger partial charge in [-0.05, 0) is 30.7 Å². The second-order valence-corrected chi connectivity index (χ2v) is 3.58. The summed E-state index contributed by atoms with van der Waals surface area (Å²) in [6, 6.07) is 10.7. The summed E-state index contributed by atoms with van der Waals surface area (Å²) in [4.78, 5) is 0. The molecule has 1 aliphatic rings. The summed E-state index contributed by atoms with van der Waals surface area (Å²) in [5.41, 5.74) is 2.91. The van der Waals surface area contributed by atoms with Gasteiger partial charge in [0.2, 0.25) is 0 Å². The molecule has 0 heterocycles. The molecule has 0 amide bonds. The van der Waals surface area contributed by atoms with Crippen LogP contribution in [0, 0.1) is 5.92 Å². The highest BCUT2D eigenvalue weighted by molar-refractivity contribution is 5.21. The number of hydrogen-bond donors (Lipinski definition) is 0. The molecule has 0 saturated heterocycles. The van der Waals surface area contributed by atoms with E-state index >= 15 is 0 Å². The smallest absolute Gasteiger partial charge is 0.0165 e. The molecular weight excluding hydrogens is 144 g/mol. The molecule has 0 radical (unpaired) electrons. The van der Waals surface area contributed by atoms with Crippen LogP contribution in [-0.4, -0.2) is 0 Å². The standard InChI is InChI=1S/C12H14/c1-10-9-12(10)8-7-11-5-3-2-4-6-11/h2-6,12H,1,7-9H2/t12-/m1/s1. The average molecular weight is 158 g/mol. The molecule has 0 nitrogen and oxygen atoms in total. The van der Waals surface area contributed by atoms with Gasteiger partial charge < -0.3 is 0 Å². The Morgan fingerprint density at radius 1 is 1.25 bits per heavy atom. The van der Waals surface area contributed by atoms with Crippen LogP contribution in [0.2, 0.25) is 0 Å². The summed E-state index contributed by atoms with van der Waals surface area (Å²) in [5.74, 6) is 0.838. The van der Waals surface area contributed by atoms with Gasteiger partial charge >= 0.3 is 0 Å². The van der Waals surface area contributed by atoms with Gasteiger partial charge in [-0.2, -0.15) is 0 Å². The minimum absolute atomic E-state index is 0.838. The number of benzene rings is 1. The summed E-state index contributed by atoms with van der Waals surface area (Å²) in [7, 11) is 0. The van der Waals surface area contributed by atoms with E-state index in [-0.39, 0.29) is 0 Å². The molecule has 1 aliphatic carbocycles. The quantitative estimate of drug-likeness (QED) is 0.592. The highest BCUT2D eigenvalue weighted by Gasteiger charge is 2.25. The Morgan fingerprint density at radius 2 is 1.92 bits per heavy atom. The van der Waals surface area contributed by atoms with Crippen LogP contribution < -0.4 is 0 Å². The molecule has 0 bridgehead atoms. The summed E-state index contributed by atoms with van der Waals surface area (Å²) in [5, 5.41) is 0. The lowest BCUT2D eigenvalue weighted by Gasteiger charge is -1.97. The van der Waals surface area contributed by atoms with Crippen molar-refractivity contribution in [1.29, 1.82) is 0 Å². The lowest BCUT2D eigenvalue weighted by molar-refractivity contribution is 0.748. The lowest BCUT2D eigenvalue weighted by atomic mass is 10.1. The monoisotopic (exact) mass is 158 g/mol. The van der Waals surface area contributed by atoms with Crippen molar-refractivity contribution in [3.05, 3.63) is 48.0 Å². The molecule has 1 aromatic rings. The van der Waals surface area contributed by atoms with E-state index in [4.69, 9.17) is 0 Å². The Morgan fingerprint density at radius 3 is 2.50 bits per heavy atom. The fourth-order valence-corrected chi connectivity index (χ4v) is 1.55. The van der Waals surface area contributed by atoms with Crippen LogP contribution in [0.25, 0.3) is 0 Å². The van der Waals surface area contributed by atoms with Crippen molar-refractivity contribution in [3.8, 4) is 0 Å². The van der Waals surface area contributed by atoms with Crippen LogP contribution in [0.1, 0.15) is 18.4 Å². The van der Waals surface area contributed by atoms with Crippen molar-refractivity contribution in [2.75, 3.05) is 0 Å². The Bertz CT molecular complexity index is 271.